The molecule has 126 valence electrons. The van der Waals surface area contributed by atoms with Crippen molar-refractivity contribution in [2.75, 3.05) is 17.2 Å². The fraction of sp³-hybridized carbons (Fsp3) is 0.0952. The summed E-state index contributed by atoms with van der Waals surface area (Å²) in [6, 6.07) is 24.8. The van der Waals surface area contributed by atoms with Crippen LogP contribution in [0.3, 0.4) is 0 Å². The van der Waals surface area contributed by atoms with Crippen LogP contribution in [0.1, 0.15) is 5.56 Å². The minimum absolute atomic E-state index is 0.0997. The summed E-state index contributed by atoms with van der Waals surface area (Å²) in [5.41, 5.74) is 2.84. The number of amides is 1. The standard InChI is InChI=1S/C21H20N2O2/c1-16-7-9-17(10-8-16)22-15-21(24)23-18-11-13-20(14-12-18)25-19-5-3-2-4-6-19/h2-14,22H,15H2,1H3,(H,23,24). The van der Waals surface area contributed by atoms with Crippen molar-refractivity contribution >= 4 is 17.3 Å². The predicted octanol–water partition coefficient (Wildman–Crippen LogP) is 4.84. The zero-order chi connectivity index (χ0) is 17.5. The second-order valence-corrected chi connectivity index (χ2v) is 5.71. The van der Waals surface area contributed by atoms with Crippen molar-refractivity contribution in [3.8, 4) is 11.5 Å². The maximum atomic E-state index is 12.0. The van der Waals surface area contributed by atoms with E-state index >= 15 is 0 Å². The summed E-state index contributed by atoms with van der Waals surface area (Å²) in [7, 11) is 0. The van der Waals surface area contributed by atoms with Crippen LogP contribution in [0.15, 0.2) is 78.9 Å². The van der Waals surface area contributed by atoms with Crippen molar-refractivity contribution in [2.45, 2.75) is 6.92 Å². The van der Waals surface area contributed by atoms with E-state index in [1.165, 1.54) is 5.56 Å². The van der Waals surface area contributed by atoms with Gasteiger partial charge in [-0.25, -0.2) is 0 Å². The Balaban J connectivity index is 1.50. The number of hydrogen-bond donors (Lipinski definition) is 2. The largest absolute Gasteiger partial charge is 0.457 e. The summed E-state index contributed by atoms with van der Waals surface area (Å²) in [4.78, 5) is 12.0. The van der Waals surface area contributed by atoms with Gasteiger partial charge in [-0.2, -0.15) is 0 Å². The first kappa shape index (κ1) is 16.6. The lowest BCUT2D eigenvalue weighted by atomic mass is 10.2. The van der Waals surface area contributed by atoms with Gasteiger partial charge >= 0.3 is 0 Å². The van der Waals surface area contributed by atoms with Crippen LogP contribution in [-0.2, 0) is 4.79 Å². The SMILES string of the molecule is Cc1ccc(NCC(=O)Nc2ccc(Oc3ccccc3)cc2)cc1. The molecule has 1 amide bonds. The van der Waals surface area contributed by atoms with Crippen LogP contribution in [0.4, 0.5) is 11.4 Å². The van der Waals surface area contributed by atoms with Crippen LogP contribution in [-0.4, -0.2) is 12.5 Å². The second kappa shape index (κ2) is 8.02. The lowest BCUT2D eigenvalue weighted by Gasteiger charge is -2.09. The lowest BCUT2D eigenvalue weighted by Crippen LogP contribution is -2.21. The highest BCUT2D eigenvalue weighted by molar-refractivity contribution is 5.93. The number of ether oxygens (including phenoxy) is 1. The molecule has 0 fully saturated rings. The lowest BCUT2D eigenvalue weighted by molar-refractivity contribution is -0.114. The molecule has 0 aromatic heterocycles. The normalized spacial score (nSPS) is 10.1. The van der Waals surface area contributed by atoms with Crippen LogP contribution in [0.2, 0.25) is 0 Å². The van der Waals surface area contributed by atoms with Crippen molar-refractivity contribution in [3.05, 3.63) is 84.4 Å². The number of benzene rings is 3. The minimum Gasteiger partial charge on any atom is -0.457 e. The molecule has 4 heteroatoms. The number of carbonyl (C=O) groups excluding carboxylic acids is 1. The zero-order valence-electron chi connectivity index (χ0n) is 14.0. The molecule has 4 nitrogen and oxygen atoms in total. The Hall–Kier alpha value is -3.27. The molecule has 0 atom stereocenters. The van der Waals surface area contributed by atoms with Gasteiger partial charge in [0.15, 0.2) is 0 Å². The summed E-state index contributed by atoms with van der Waals surface area (Å²) in [6.07, 6.45) is 0. The molecule has 0 aliphatic carbocycles. The number of para-hydroxylation sites is 1. The number of anilines is 2. The van der Waals surface area contributed by atoms with Crippen LogP contribution in [0.5, 0.6) is 11.5 Å². The monoisotopic (exact) mass is 332 g/mol. The molecule has 3 aromatic rings. The molecule has 0 aliphatic rings. The maximum absolute atomic E-state index is 12.0. The molecule has 0 saturated carbocycles. The van der Waals surface area contributed by atoms with Crippen molar-refractivity contribution < 1.29 is 9.53 Å². The Labute approximate surface area is 147 Å². The third-order valence-electron chi connectivity index (χ3n) is 3.62. The number of carbonyl (C=O) groups is 1. The Morgan fingerprint density at radius 1 is 0.800 bits per heavy atom. The summed E-state index contributed by atoms with van der Waals surface area (Å²) in [5, 5.41) is 5.96. The fourth-order valence-electron chi connectivity index (χ4n) is 2.29. The first-order chi connectivity index (χ1) is 12.2. The zero-order valence-corrected chi connectivity index (χ0v) is 14.0. The second-order valence-electron chi connectivity index (χ2n) is 5.71. The third kappa shape index (κ3) is 5.11. The molecule has 3 rings (SSSR count). The highest BCUT2D eigenvalue weighted by Crippen LogP contribution is 2.22. The molecule has 0 unspecified atom stereocenters. The molecule has 25 heavy (non-hydrogen) atoms. The molecule has 0 heterocycles. The maximum Gasteiger partial charge on any atom is 0.243 e. The number of hydrogen-bond acceptors (Lipinski definition) is 3. The van der Waals surface area contributed by atoms with Crippen molar-refractivity contribution in [1.82, 2.24) is 0 Å². The summed E-state index contributed by atoms with van der Waals surface area (Å²) in [6.45, 7) is 2.24. The smallest absolute Gasteiger partial charge is 0.243 e. The number of rotatable bonds is 6. The van der Waals surface area contributed by atoms with Crippen molar-refractivity contribution in [3.63, 3.8) is 0 Å². The number of nitrogens with one attached hydrogen (secondary N) is 2. The molecule has 0 spiro atoms. The first-order valence-electron chi connectivity index (χ1n) is 8.12. The molecule has 0 radical (unpaired) electrons. The van der Waals surface area contributed by atoms with Crippen LogP contribution in [0, 0.1) is 6.92 Å². The summed E-state index contributed by atoms with van der Waals surface area (Å²) >= 11 is 0. The van der Waals surface area contributed by atoms with Crippen molar-refractivity contribution in [1.29, 1.82) is 0 Å². The van der Waals surface area contributed by atoms with Gasteiger partial charge in [-0.05, 0) is 55.5 Å². The van der Waals surface area contributed by atoms with Gasteiger partial charge in [-0.3, -0.25) is 4.79 Å². The predicted molar refractivity (Wildman–Crippen MR) is 101 cm³/mol. The van der Waals surface area contributed by atoms with Crippen LogP contribution >= 0.6 is 0 Å². The van der Waals surface area contributed by atoms with Gasteiger partial charge in [-0.1, -0.05) is 35.9 Å². The van der Waals surface area contributed by atoms with E-state index in [9.17, 15) is 4.79 Å². The van der Waals surface area contributed by atoms with E-state index in [0.717, 1.165) is 22.9 Å². The van der Waals surface area contributed by atoms with E-state index in [0.29, 0.717) is 0 Å². The average Bonchev–Trinajstić information content (AvgIpc) is 2.64. The van der Waals surface area contributed by atoms with E-state index in [2.05, 4.69) is 10.6 Å². The van der Waals surface area contributed by atoms with Crippen LogP contribution in [0.25, 0.3) is 0 Å². The van der Waals surface area contributed by atoms with E-state index in [1.807, 2.05) is 85.8 Å². The van der Waals surface area contributed by atoms with E-state index < -0.39 is 0 Å². The van der Waals surface area contributed by atoms with E-state index in [4.69, 9.17) is 4.74 Å². The molecule has 0 aliphatic heterocycles. The highest BCUT2D eigenvalue weighted by Gasteiger charge is 2.03. The van der Waals surface area contributed by atoms with Gasteiger partial charge in [0.2, 0.25) is 5.91 Å². The van der Waals surface area contributed by atoms with Gasteiger partial charge in [0.1, 0.15) is 11.5 Å². The Kier molecular flexibility index (Phi) is 5.32. The summed E-state index contributed by atoms with van der Waals surface area (Å²) in [5.74, 6) is 1.40. The minimum atomic E-state index is -0.0997. The Morgan fingerprint density at radius 2 is 1.40 bits per heavy atom. The van der Waals surface area contributed by atoms with E-state index in [1.54, 1.807) is 0 Å². The van der Waals surface area contributed by atoms with Gasteiger partial charge in [-0.15, -0.1) is 0 Å². The Bertz CT molecular complexity index is 813. The average molecular weight is 332 g/mol. The third-order valence-corrected chi connectivity index (χ3v) is 3.62. The molecule has 0 saturated heterocycles. The fourth-order valence-corrected chi connectivity index (χ4v) is 2.29. The molecular weight excluding hydrogens is 312 g/mol. The quantitative estimate of drug-likeness (QED) is 0.679. The highest BCUT2D eigenvalue weighted by atomic mass is 16.5. The van der Waals surface area contributed by atoms with Gasteiger partial charge in [0, 0.05) is 11.4 Å². The molecule has 0 bridgehead atoms. The molecule has 2 N–H and O–H groups in total. The number of aryl methyl sites for hydroxylation is 1. The summed E-state index contributed by atoms with van der Waals surface area (Å²) < 4.78 is 5.73. The van der Waals surface area contributed by atoms with Gasteiger partial charge < -0.3 is 15.4 Å². The van der Waals surface area contributed by atoms with Gasteiger partial charge in [0.25, 0.3) is 0 Å². The Morgan fingerprint density at radius 3 is 2.08 bits per heavy atom. The molecule has 3 aromatic carbocycles. The van der Waals surface area contributed by atoms with Crippen molar-refractivity contribution in [2.24, 2.45) is 0 Å². The van der Waals surface area contributed by atoms with Gasteiger partial charge in [0.05, 0.1) is 6.54 Å². The topological polar surface area (TPSA) is 50.4 Å². The van der Waals surface area contributed by atoms with Crippen LogP contribution < -0.4 is 15.4 Å². The first-order valence-corrected chi connectivity index (χ1v) is 8.12. The molecular formula is C21H20N2O2. The van der Waals surface area contributed by atoms with E-state index in [-0.39, 0.29) is 12.5 Å².